The number of likely N-dealkylation sites (tertiary alicyclic amines) is 2. The van der Waals surface area contributed by atoms with E-state index in [1.54, 1.807) is 0 Å². The number of amides is 1. The fraction of sp³-hybridized carbons (Fsp3) is 0.588. The largest absolute Gasteiger partial charge is 0.419 e. The smallest absolute Gasteiger partial charge is 0.379 e. The third-order valence-corrected chi connectivity index (χ3v) is 4.96. The minimum absolute atomic E-state index is 0.0511. The van der Waals surface area contributed by atoms with Gasteiger partial charge in [-0.25, -0.2) is 0 Å². The van der Waals surface area contributed by atoms with Crippen molar-refractivity contribution in [2.24, 2.45) is 0 Å². The van der Waals surface area contributed by atoms with Crippen molar-refractivity contribution < 1.29 is 23.1 Å². The molecule has 0 spiro atoms. The summed E-state index contributed by atoms with van der Waals surface area (Å²) in [5.74, 6) is -0.302. The molecule has 4 nitrogen and oxygen atoms in total. The molecule has 1 aromatic rings. The molecule has 0 saturated carbocycles. The number of carbonyl (C=O) groups excluding carboxylic acids is 1. The highest BCUT2D eigenvalue weighted by molar-refractivity contribution is 5.82. The van der Waals surface area contributed by atoms with E-state index in [0.717, 1.165) is 18.5 Å². The van der Waals surface area contributed by atoms with Crippen LogP contribution in [0.4, 0.5) is 13.2 Å². The summed E-state index contributed by atoms with van der Waals surface area (Å²) in [6.07, 6.45) is -3.66. The molecule has 0 aliphatic carbocycles. The van der Waals surface area contributed by atoms with Gasteiger partial charge < -0.3 is 10.0 Å². The maximum Gasteiger partial charge on any atom is 0.419 e. The van der Waals surface area contributed by atoms with E-state index in [2.05, 4.69) is 0 Å². The minimum atomic E-state index is -4.71. The summed E-state index contributed by atoms with van der Waals surface area (Å²) >= 11 is 0. The number of rotatable bonds is 3. The molecule has 2 aliphatic rings. The first-order valence-electron chi connectivity index (χ1n) is 8.16. The van der Waals surface area contributed by atoms with Crippen LogP contribution in [0.1, 0.15) is 24.8 Å². The molecule has 2 fully saturated rings. The van der Waals surface area contributed by atoms with E-state index in [9.17, 15) is 23.1 Å². The van der Waals surface area contributed by atoms with Crippen LogP contribution in [0.2, 0.25) is 0 Å². The first-order chi connectivity index (χ1) is 11.3. The molecule has 2 saturated heterocycles. The molecule has 1 N–H and O–H groups in total. The van der Waals surface area contributed by atoms with Gasteiger partial charge in [0.25, 0.3) is 0 Å². The molecule has 2 heterocycles. The Morgan fingerprint density at radius 2 is 1.96 bits per heavy atom. The zero-order valence-corrected chi connectivity index (χ0v) is 13.3. The first kappa shape index (κ1) is 17.2. The van der Waals surface area contributed by atoms with E-state index < -0.39 is 30.8 Å². The second-order valence-corrected chi connectivity index (χ2v) is 6.65. The summed E-state index contributed by atoms with van der Waals surface area (Å²) in [6.45, 7) is 0.646. The van der Waals surface area contributed by atoms with E-state index in [4.69, 9.17) is 0 Å². The van der Waals surface area contributed by atoms with Crippen LogP contribution in [0.25, 0.3) is 0 Å². The molecule has 0 aromatic heterocycles. The van der Waals surface area contributed by atoms with Crippen LogP contribution in [0.15, 0.2) is 30.3 Å². The third kappa shape index (κ3) is 3.28. The van der Waals surface area contributed by atoms with Crippen LogP contribution in [0.3, 0.4) is 0 Å². The predicted octanol–water partition coefficient (Wildman–Crippen LogP) is 2.18. The Morgan fingerprint density at radius 1 is 1.25 bits per heavy atom. The van der Waals surface area contributed by atoms with Crippen molar-refractivity contribution in [1.82, 2.24) is 9.80 Å². The van der Waals surface area contributed by atoms with Gasteiger partial charge in [0.05, 0.1) is 12.6 Å². The summed E-state index contributed by atoms with van der Waals surface area (Å²) in [4.78, 5) is 15.9. The summed E-state index contributed by atoms with van der Waals surface area (Å²) in [5, 5.41) is 9.76. The predicted molar refractivity (Wildman–Crippen MR) is 82.1 cm³/mol. The molecule has 1 amide bonds. The van der Waals surface area contributed by atoms with Crippen molar-refractivity contribution in [3.05, 3.63) is 35.9 Å². The normalized spacial score (nSPS) is 28.5. The van der Waals surface area contributed by atoms with E-state index in [1.165, 1.54) is 4.90 Å². The van der Waals surface area contributed by atoms with Gasteiger partial charge in [-0.15, -0.1) is 0 Å². The lowest BCUT2D eigenvalue weighted by Crippen LogP contribution is -2.50. The third-order valence-electron chi connectivity index (χ3n) is 4.96. The molecule has 132 valence electrons. The second-order valence-electron chi connectivity index (χ2n) is 6.65. The zero-order chi connectivity index (χ0) is 17.4. The summed E-state index contributed by atoms with van der Waals surface area (Å²) in [6, 6.07) is 9.30. The van der Waals surface area contributed by atoms with Crippen LogP contribution >= 0.6 is 0 Å². The second kappa shape index (κ2) is 6.37. The number of β-amino-alcohol motifs (C(OH)–C–C–N with tert-alkyl or cyclic N) is 1. The van der Waals surface area contributed by atoms with Crippen molar-refractivity contribution >= 4 is 5.91 Å². The van der Waals surface area contributed by atoms with Gasteiger partial charge in [-0.3, -0.25) is 9.69 Å². The van der Waals surface area contributed by atoms with Gasteiger partial charge in [-0.2, -0.15) is 13.2 Å². The summed E-state index contributed by atoms with van der Waals surface area (Å²) < 4.78 is 38.8. The highest BCUT2D eigenvalue weighted by Crippen LogP contribution is 2.38. The van der Waals surface area contributed by atoms with E-state index in [0.29, 0.717) is 13.0 Å². The minimum Gasteiger partial charge on any atom is -0.379 e. The Morgan fingerprint density at radius 3 is 2.58 bits per heavy atom. The Bertz CT molecular complexity index is 593. The van der Waals surface area contributed by atoms with Crippen LogP contribution < -0.4 is 0 Å². The monoisotopic (exact) mass is 342 g/mol. The molecule has 24 heavy (non-hydrogen) atoms. The molecule has 0 radical (unpaired) electrons. The molecule has 0 bridgehead atoms. The number of benzene rings is 1. The maximum absolute atomic E-state index is 12.9. The Hall–Kier alpha value is -1.60. The van der Waals surface area contributed by atoms with Crippen LogP contribution in [0, 0.1) is 0 Å². The molecule has 0 unspecified atom stereocenters. The number of carbonyl (C=O) groups is 1. The number of hydrogen-bond donors (Lipinski definition) is 1. The number of aliphatic hydroxyl groups is 1. The number of hydrogen-bond acceptors (Lipinski definition) is 3. The van der Waals surface area contributed by atoms with Gasteiger partial charge in [0.2, 0.25) is 5.91 Å². The van der Waals surface area contributed by atoms with Gasteiger partial charge in [0.1, 0.15) is 0 Å². The van der Waals surface area contributed by atoms with Crippen molar-refractivity contribution in [1.29, 1.82) is 0 Å². The van der Waals surface area contributed by atoms with Gasteiger partial charge >= 0.3 is 6.18 Å². The van der Waals surface area contributed by atoms with Crippen molar-refractivity contribution in [2.75, 3.05) is 19.6 Å². The quantitative estimate of drug-likeness (QED) is 0.916. The average Bonchev–Trinajstić information content (AvgIpc) is 3.15. The van der Waals surface area contributed by atoms with Crippen molar-refractivity contribution in [2.45, 2.75) is 43.6 Å². The SMILES string of the molecule is O=C([C@@H]1CCCN1Cc1ccccc1)N1CC[C@](O)(C(F)(F)F)C1. The van der Waals surface area contributed by atoms with E-state index in [-0.39, 0.29) is 12.5 Å². The molecule has 2 atom stereocenters. The van der Waals surface area contributed by atoms with Gasteiger partial charge in [0, 0.05) is 19.5 Å². The maximum atomic E-state index is 12.9. The van der Waals surface area contributed by atoms with Crippen LogP contribution in [-0.2, 0) is 11.3 Å². The highest BCUT2D eigenvalue weighted by Gasteiger charge is 2.58. The molecule has 7 heteroatoms. The topological polar surface area (TPSA) is 43.8 Å². The summed E-state index contributed by atoms with van der Waals surface area (Å²) in [7, 11) is 0. The van der Waals surface area contributed by atoms with Gasteiger partial charge in [0.15, 0.2) is 5.60 Å². The number of nitrogens with zero attached hydrogens (tertiary/aromatic N) is 2. The van der Waals surface area contributed by atoms with E-state index >= 15 is 0 Å². The van der Waals surface area contributed by atoms with E-state index in [1.807, 2.05) is 35.2 Å². The lowest BCUT2D eigenvalue weighted by Gasteiger charge is -2.29. The zero-order valence-electron chi connectivity index (χ0n) is 13.3. The highest BCUT2D eigenvalue weighted by atomic mass is 19.4. The van der Waals surface area contributed by atoms with Crippen LogP contribution in [-0.4, -0.2) is 58.3 Å². The first-order valence-corrected chi connectivity index (χ1v) is 8.16. The Kier molecular flexibility index (Phi) is 4.57. The van der Waals surface area contributed by atoms with Gasteiger partial charge in [-0.05, 0) is 24.9 Å². The summed E-state index contributed by atoms with van der Waals surface area (Å²) in [5.41, 5.74) is -1.70. The molecule has 3 rings (SSSR count). The Labute approximate surface area is 138 Å². The van der Waals surface area contributed by atoms with Crippen LogP contribution in [0.5, 0.6) is 0 Å². The van der Waals surface area contributed by atoms with Crippen molar-refractivity contribution in [3.63, 3.8) is 0 Å². The number of halogens is 3. The van der Waals surface area contributed by atoms with Gasteiger partial charge in [-0.1, -0.05) is 30.3 Å². The fourth-order valence-electron chi connectivity index (χ4n) is 3.54. The standard InChI is InChI=1S/C17H21F3N2O2/c18-17(19,20)16(24)8-10-22(12-16)15(23)14-7-4-9-21(14)11-13-5-2-1-3-6-13/h1-3,5-6,14,24H,4,7-12H2/t14-,16+/m0/s1. The fourth-order valence-corrected chi connectivity index (χ4v) is 3.54. The molecule has 2 aliphatic heterocycles. The average molecular weight is 342 g/mol. The molecular formula is C17H21F3N2O2. The lowest BCUT2D eigenvalue weighted by molar-refractivity contribution is -0.253. The Balaban J connectivity index is 1.66. The lowest BCUT2D eigenvalue weighted by atomic mass is 10.0. The van der Waals surface area contributed by atoms with Crippen molar-refractivity contribution in [3.8, 4) is 0 Å². The number of alkyl halides is 3. The molecular weight excluding hydrogens is 321 g/mol. The molecule has 1 aromatic carbocycles.